The molecule has 0 aromatic rings. The first-order chi connectivity index (χ1) is 53.7. The van der Waals surface area contributed by atoms with Crippen molar-refractivity contribution < 1.29 is 222 Å². The molecule has 8 saturated heterocycles. The first-order valence-electron chi connectivity index (χ1n) is 36.4. The molecule has 0 spiro atoms. The van der Waals surface area contributed by atoms with Crippen LogP contribution in [0, 0.1) is 0 Å². The smallest absolute Gasteiger partial charge is 0.217 e. The van der Waals surface area contributed by atoms with E-state index >= 15 is 0 Å². The van der Waals surface area contributed by atoms with E-state index in [9.17, 15) is 147 Å². The van der Waals surface area contributed by atoms with Crippen LogP contribution >= 0.6 is 0 Å². The number of nitrogens with one attached hydrogen (secondary N) is 5. The van der Waals surface area contributed by atoms with Crippen molar-refractivity contribution in [2.24, 2.45) is 0 Å². The van der Waals surface area contributed by atoms with Gasteiger partial charge in [-0.3, -0.25) is 24.0 Å². The van der Waals surface area contributed by atoms with Crippen LogP contribution in [-0.4, -0.2) is 481 Å². The fourth-order valence-corrected chi connectivity index (χ4v) is 14.2. The van der Waals surface area contributed by atoms with Crippen LogP contribution < -0.4 is 26.6 Å². The molecule has 50 heteroatoms. The summed E-state index contributed by atoms with van der Waals surface area (Å²) in [5.74, 6) is -4.45. The molecule has 0 bridgehead atoms. The SMILES string of the molecule is CC(=O)N[C@H]1[C@H](O[C@@H]([C@H](O)[C@H](CO)NC(C)=O)[C@H](O)CO[C@@H]2O[C@@H](C)[C@@H](O)[C@@H](O)[C@@H]2O)O[C@H](CO)[C@@H](O[C@@H]2O[C@H](CO[C@H]3O[C@H](CO[C@@H]4O[C@H](CO)[C@@H](O)[C@H](O)[C@H]4NC(C)=O)[C@@H](O)[C@H](O)[C@@H]3O[C@@H]3O[C@H](CO)[C@@H](O)[C@H](O)[C@H]3NC(C)=O)[C@@H](O)[C@H](O[C@H]3O[C@H](CO)[C@@H](O)[C@H](O)[C@@H]3O[C@@H]3O[C@H](CO)[C@@H](O)[C@H](O)[C@H]3NC(C)=O)[C@@H]2O)[C@@H]1O. The van der Waals surface area contributed by atoms with Crippen molar-refractivity contribution >= 4 is 29.5 Å². The molecule has 0 aliphatic carbocycles. The summed E-state index contributed by atoms with van der Waals surface area (Å²) < 4.78 is 95.2. The minimum absolute atomic E-state index is 0.802. The second-order valence-corrected chi connectivity index (χ2v) is 28.7. The molecular formula is C64H109N5O45. The third kappa shape index (κ3) is 22.3. The maximum Gasteiger partial charge on any atom is 0.217 e. The zero-order chi connectivity index (χ0) is 84.5. The van der Waals surface area contributed by atoms with Crippen LogP contribution in [0.15, 0.2) is 0 Å². The average Bonchev–Trinajstić information content (AvgIpc) is 0.766. The first kappa shape index (κ1) is 95.2. The normalized spacial score (nSPS) is 45.3. The van der Waals surface area contributed by atoms with Crippen molar-refractivity contribution in [2.75, 3.05) is 59.5 Å². The number of hydrogen-bond acceptors (Lipinski definition) is 45. The summed E-state index contributed by atoms with van der Waals surface area (Å²) in [6, 6.07) is -9.06. The van der Waals surface area contributed by atoms with Gasteiger partial charge < -0.3 is 225 Å². The van der Waals surface area contributed by atoms with E-state index in [1.54, 1.807) is 0 Å². The van der Waals surface area contributed by atoms with Crippen molar-refractivity contribution in [1.82, 2.24) is 26.6 Å². The van der Waals surface area contributed by atoms with Gasteiger partial charge in [-0.15, -0.1) is 0 Å². The predicted molar refractivity (Wildman–Crippen MR) is 356 cm³/mol. The van der Waals surface area contributed by atoms with Crippen LogP contribution in [0.3, 0.4) is 0 Å². The second kappa shape index (κ2) is 42.3. The lowest BCUT2D eigenvalue weighted by Crippen LogP contribution is -2.70. The highest BCUT2D eigenvalue weighted by molar-refractivity contribution is 5.75. The Balaban J connectivity index is 1.18. The van der Waals surface area contributed by atoms with Gasteiger partial charge in [-0.2, -0.15) is 0 Å². The van der Waals surface area contributed by atoms with Gasteiger partial charge in [0, 0.05) is 34.6 Å². The highest BCUT2D eigenvalue weighted by atomic mass is 16.8. The van der Waals surface area contributed by atoms with E-state index in [-0.39, 0.29) is 0 Å². The van der Waals surface area contributed by atoms with Gasteiger partial charge in [-0.25, -0.2) is 0 Å². The molecule has 8 aliphatic heterocycles. The van der Waals surface area contributed by atoms with Crippen molar-refractivity contribution in [2.45, 2.75) is 311 Å². The van der Waals surface area contributed by atoms with Gasteiger partial charge in [0.05, 0.1) is 71.6 Å². The Morgan fingerprint density at radius 3 is 1.15 bits per heavy atom. The molecule has 114 heavy (non-hydrogen) atoms. The summed E-state index contributed by atoms with van der Waals surface area (Å²) in [4.78, 5) is 63.1. The lowest BCUT2D eigenvalue weighted by atomic mass is 9.94. The molecule has 0 saturated carbocycles. The van der Waals surface area contributed by atoms with Gasteiger partial charge in [0.1, 0.15) is 207 Å². The van der Waals surface area contributed by atoms with Crippen molar-refractivity contribution in [3.8, 4) is 0 Å². The molecule has 0 radical (unpaired) electrons. The zero-order valence-corrected chi connectivity index (χ0v) is 62.1. The van der Waals surface area contributed by atoms with E-state index in [1.807, 2.05) is 0 Å². The molecule has 44 atom stereocenters. The van der Waals surface area contributed by atoms with Crippen LogP contribution in [0.25, 0.3) is 0 Å². The van der Waals surface area contributed by atoms with Crippen molar-refractivity contribution in [3.63, 3.8) is 0 Å². The largest absolute Gasteiger partial charge is 0.394 e. The highest BCUT2D eigenvalue weighted by Gasteiger charge is 2.60. The zero-order valence-electron chi connectivity index (χ0n) is 62.1. The van der Waals surface area contributed by atoms with E-state index in [0.29, 0.717) is 0 Å². The maximum atomic E-state index is 13.2. The minimum Gasteiger partial charge on any atom is -0.394 e. The number of amides is 5. The number of carbonyl (C=O) groups excluding carboxylic acids is 5. The molecule has 50 nitrogen and oxygen atoms in total. The van der Waals surface area contributed by atoms with Gasteiger partial charge in [-0.05, 0) is 6.92 Å². The molecule has 8 fully saturated rings. The minimum atomic E-state index is -2.60. The predicted octanol–water partition coefficient (Wildman–Crippen LogP) is -19.2. The Morgan fingerprint density at radius 1 is 0.325 bits per heavy atom. The number of rotatable bonds is 33. The second-order valence-electron chi connectivity index (χ2n) is 28.7. The average molecular weight is 1670 g/mol. The van der Waals surface area contributed by atoms with E-state index < -0.39 is 359 Å². The Labute approximate surface area is 647 Å². The van der Waals surface area contributed by atoms with E-state index in [1.165, 1.54) is 6.92 Å². The van der Waals surface area contributed by atoms with Crippen LogP contribution in [0.1, 0.15) is 41.5 Å². The standard InChI is InChI=1S/C64H109N5O45/c1-16-35(82)47(94)50(97)61(102-16)99-13-23(81)52(36(83)22(7-70)65-17(2)76)110-60-34(69-21(6)80)46(93)53(28(12-75)107-60)111-62-51(98)54(112-64-56(48(95)40(87)27(11-74)106-64)114-59-33(68-20(5)79)45(92)39(86)26(10-73)105-59)42(89)30(108-62)15-101-63-55(113-58-32(67-19(4)78)44(91)38(85)25(9-72)104-58)49(96)41(88)29(109-63)14-100-57-31(66-18(3)77)43(90)37(84)24(8-71)103-57/h16,22-64,70-75,81-98H,7-15H2,1-6H3,(H,65,76)(H,66,77)(H,67,78)(H,68,79)(H,69,80)/t16-,22-,23+,24+,25+,26+,27+,28+,29+,30+,31+,32+,33+,34+,35+,36+,37+,38+,39+,40+,41+,42+,43+,44+,45+,46+,47+,48-,49-,50-,51-,52+,53+,54-,55-,56-,57+,58-,59-,60-,61+,62-,63-,64+/m0/s1. The van der Waals surface area contributed by atoms with Gasteiger partial charge in [0.15, 0.2) is 50.3 Å². The molecule has 0 unspecified atom stereocenters. The van der Waals surface area contributed by atoms with E-state index in [4.69, 9.17) is 75.8 Å². The van der Waals surface area contributed by atoms with E-state index in [0.717, 1.165) is 34.6 Å². The van der Waals surface area contributed by atoms with Gasteiger partial charge in [0.25, 0.3) is 0 Å². The van der Waals surface area contributed by atoms with Crippen LogP contribution in [0.4, 0.5) is 0 Å². The molecule has 8 heterocycles. The first-order valence-corrected chi connectivity index (χ1v) is 36.4. The number of ether oxygens (including phenoxy) is 16. The number of hydrogen-bond donors (Lipinski definition) is 29. The molecule has 8 rings (SSSR count). The van der Waals surface area contributed by atoms with Crippen molar-refractivity contribution in [3.05, 3.63) is 0 Å². The highest BCUT2D eigenvalue weighted by Crippen LogP contribution is 2.39. The van der Waals surface area contributed by atoms with Crippen LogP contribution in [0.2, 0.25) is 0 Å². The van der Waals surface area contributed by atoms with Gasteiger partial charge >= 0.3 is 0 Å². The molecule has 660 valence electrons. The molecule has 0 aromatic carbocycles. The fraction of sp³-hybridized carbons (Fsp3) is 0.922. The molecule has 8 aliphatic rings. The van der Waals surface area contributed by atoms with Crippen molar-refractivity contribution in [1.29, 1.82) is 0 Å². The third-order valence-corrected chi connectivity index (χ3v) is 20.3. The molecular weight excluding hydrogens is 1560 g/mol. The third-order valence-electron chi connectivity index (χ3n) is 20.3. The fourth-order valence-electron chi connectivity index (χ4n) is 14.2. The Bertz CT molecular complexity index is 3030. The number of aliphatic hydroxyl groups is 24. The summed E-state index contributed by atoms with van der Waals surface area (Å²) in [6.07, 6.45) is -81.1. The summed E-state index contributed by atoms with van der Waals surface area (Å²) in [5, 5.41) is 280. The lowest BCUT2D eigenvalue weighted by Gasteiger charge is -2.50. The summed E-state index contributed by atoms with van der Waals surface area (Å²) in [7, 11) is 0. The monoisotopic (exact) mass is 1670 g/mol. The Morgan fingerprint density at radius 2 is 0.693 bits per heavy atom. The Hall–Kier alpha value is -4.25. The van der Waals surface area contributed by atoms with E-state index in [2.05, 4.69) is 26.6 Å². The Kier molecular flexibility index (Phi) is 35.3. The summed E-state index contributed by atoms with van der Waals surface area (Å²) >= 11 is 0. The van der Waals surface area contributed by atoms with Gasteiger partial charge in [-0.1, -0.05) is 0 Å². The molecule has 5 amide bonds. The van der Waals surface area contributed by atoms with Gasteiger partial charge in [0.2, 0.25) is 29.5 Å². The maximum absolute atomic E-state index is 13.2. The molecule has 0 aromatic heterocycles. The number of carbonyl (C=O) groups is 5. The quantitative estimate of drug-likeness (QED) is 0.0290. The topological polar surface area (TPSA) is 779 Å². The summed E-state index contributed by atoms with van der Waals surface area (Å²) in [6.45, 7) is -3.70. The van der Waals surface area contributed by atoms with Crippen LogP contribution in [0.5, 0.6) is 0 Å². The lowest BCUT2D eigenvalue weighted by molar-refractivity contribution is -0.395. The molecule has 29 N–H and O–H groups in total. The number of aliphatic hydroxyl groups excluding tert-OH is 24. The summed E-state index contributed by atoms with van der Waals surface area (Å²) in [5.41, 5.74) is 0. The van der Waals surface area contributed by atoms with Crippen LogP contribution in [-0.2, 0) is 99.8 Å².